The van der Waals surface area contributed by atoms with Crippen molar-refractivity contribution in [3.05, 3.63) is 0 Å². The standard InChI is InChI=1S/C10H19NO4S/c1-15-7-9-10(12)5-3-8(4-6-10)11(9)16(2,13)14/h8-9,12H,3-7H2,1-2H3. The van der Waals surface area contributed by atoms with Crippen molar-refractivity contribution in [2.24, 2.45) is 0 Å². The monoisotopic (exact) mass is 249 g/mol. The zero-order valence-electron chi connectivity index (χ0n) is 9.72. The summed E-state index contributed by atoms with van der Waals surface area (Å²) in [5.74, 6) is 0. The first-order valence-corrected chi connectivity index (χ1v) is 7.43. The highest BCUT2D eigenvalue weighted by Gasteiger charge is 2.54. The van der Waals surface area contributed by atoms with Gasteiger partial charge in [0.15, 0.2) is 0 Å². The second-order valence-corrected chi connectivity index (χ2v) is 6.79. The van der Waals surface area contributed by atoms with E-state index < -0.39 is 21.7 Å². The average Bonchev–Trinajstić information content (AvgIpc) is 2.18. The van der Waals surface area contributed by atoms with E-state index in [1.165, 1.54) is 17.7 Å². The molecule has 0 amide bonds. The van der Waals surface area contributed by atoms with Crippen LogP contribution in [0.1, 0.15) is 25.7 Å². The lowest BCUT2D eigenvalue weighted by Crippen LogP contribution is -2.67. The zero-order valence-corrected chi connectivity index (χ0v) is 10.5. The highest BCUT2D eigenvalue weighted by Crippen LogP contribution is 2.43. The molecule has 2 heterocycles. The summed E-state index contributed by atoms with van der Waals surface area (Å²) >= 11 is 0. The van der Waals surface area contributed by atoms with Gasteiger partial charge >= 0.3 is 0 Å². The van der Waals surface area contributed by atoms with Crippen LogP contribution < -0.4 is 0 Å². The molecule has 16 heavy (non-hydrogen) atoms. The molecule has 1 aliphatic carbocycles. The van der Waals surface area contributed by atoms with Crippen molar-refractivity contribution in [1.29, 1.82) is 0 Å². The quantitative estimate of drug-likeness (QED) is 0.761. The number of methoxy groups -OCH3 is 1. The molecule has 0 aromatic carbocycles. The fourth-order valence-corrected chi connectivity index (χ4v) is 4.54. The highest BCUT2D eigenvalue weighted by molar-refractivity contribution is 7.88. The Hall–Kier alpha value is -0.170. The Morgan fingerprint density at radius 2 is 2.00 bits per heavy atom. The lowest BCUT2D eigenvalue weighted by molar-refractivity contribution is -0.129. The molecule has 0 radical (unpaired) electrons. The molecule has 2 saturated heterocycles. The largest absolute Gasteiger partial charge is 0.388 e. The number of ether oxygens (including phenoxy) is 1. The van der Waals surface area contributed by atoms with E-state index in [2.05, 4.69) is 0 Å². The van der Waals surface area contributed by atoms with Gasteiger partial charge in [-0.15, -0.1) is 0 Å². The maximum absolute atomic E-state index is 11.8. The van der Waals surface area contributed by atoms with Crippen LogP contribution in [0.3, 0.4) is 0 Å². The predicted molar refractivity (Wildman–Crippen MR) is 59.6 cm³/mol. The third-order valence-electron chi connectivity index (χ3n) is 3.82. The Kier molecular flexibility index (Phi) is 3.03. The molecular weight excluding hydrogens is 230 g/mol. The van der Waals surface area contributed by atoms with Gasteiger partial charge in [-0.25, -0.2) is 8.42 Å². The molecule has 6 heteroatoms. The van der Waals surface area contributed by atoms with E-state index in [4.69, 9.17) is 4.74 Å². The summed E-state index contributed by atoms with van der Waals surface area (Å²) in [7, 11) is -1.74. The van der Waals surface area contributed by atoms with Crippen LogP contribution in [-0.4, -0.2) is 55.5 Å². The van der Waals surface area contributed by atoms with Gasteiger partial charge in [0.25, 0.3) is 0 Å². The summed E-state index contributed by atoms with van der Waals surface area (Å²) in [5, 5.41) is 10.5. The molecule has 2 bridgehead atoms. The van der Waals surface area contributed by atoms with Crippen molar-refractivity contribution in [2.75, 3.05) is 20.0 Å². The van der Waals surface area contributed by atoms with Crippen LogP contribution in [0.25, 0.3) is 0 Å². The SMILES string of the molecule is COCC1N(S(C)(=O)=O)C2CCC1(O)CC2. The molecule has 1 atom stereocenters. The number of hydrogen-bond acceptors (Lipinski definition) is 4. The van der Waals surface area contributed by atoms with Gasteiger partial charge in [0.05, 0.1) is 24.5 Å². The molecule has 0 aromatic heterocycles. The van der Waals surface area contributed by atoms with E-state index in [1.807, 2.05) is 0 Å². The van der Waals surface area contributed by atoms with E-state index >= 15 is 0 Å². The molecule has 3 fully saturated rings. The Balaban J connectivity index is 2.34. The van der Waals surface area contributed by atoms with E-state index in [1.54, 1.807) is 0 Å². The van der Waals surface area contributed by atoms with Crippen molar-refractivity contribution in [3.63, 3.8) is 0 Å². The maximum atomic E-state index is 11.8. The minimum atomic E-state index is -3.27. The van der Waals surface area contributed by atoms with Gasteiger partial charge < -0.3 is 9.84 Å². The Morgan fingerprint density at radius 3 is 2.44 bits per heavy atom. The molecule has 3 rings (SSSR count). The molecule has 2 aliphatic heterocycles. The minimum Gasteiger partial charge on any atom is -0.388 e. The first-order valence-electron chi connectivity index (χ1n) is 5.58. The Labute approximate surface area is 96.4 Å². The highest BCUT2D eigenvalue weighted by atomic mass is 32.2. The van der Waals surface area contributed by atoms with Crippen LogP contribution >= 0.6 is 0 Å². The number of hydrogen-bond donors (Lipinski definition) is 1. The van der Waals surface area contributed by atoms with Crippen LogP contribution in [-0.2, 0) is 14.8 Å². The molecule has 1 saturated carbocycles. The summed E-state index contributed by atoms with van der Waals surface area (Å²) in [6.07, 6.45) is 4.07. The van der Waals surface area contributed by atoms with Crippen molar-refractivity contribution < 1.29 is 18.3 Å². The Bertz CT molecular complexity index is 359. The van der Waals surface area contributed by atoms with Gasteiger partial charge in [0, 0.05) is 13.2 Å². The van der Waals surface area contributed by atoms with E-state index in [9.17, 15) is 13.5 Å². The van der Waals surface area contributed by atoms with Crippen LogP contribution in [0.15, 0.2) is 0 Å². The molecule has 3 aliphatic rings. The van der Waals surface area contributed by atoms with E-state index in [0.717, 1.165) is 12.8 Å². The minimum absolute atomic E-state index is 0.0455. The smallest absolute Gasteiger partial charge is 0.211 e. The van der Waals surface area contributed by atoms with Crippen LogP contribution in [0.4, 0.5) is 0 Å². The third-order valence-corrected chi connectivity index (χ3v) is 5.13. The number of piperidine rings is 2. The third kappa shape index (κ3) is 1.88. The molecule has 1 unspecified atom stereocenters. The Morgan fingerprint density at radius 1 is 1.44 bits per heavy atom. The lowest BCUT2D eigenvalue weighted by Gasteiger charge is -2.54. The molecule has 0 spiro atoms. The number of rotatable bonds is 3. The molecule has 0 aromatic rings. The number of aliphatic hydroxyl groups is 1. The van der Waals surface area contributed by atoms with Gasteiger partial charge in [0.1, 0.15) is 0 Å². The van der Waals surface area contributed by atoms with Crippen molar-refractivity contribution >= 4 is 10.0 Å². The molecule has 1 N–H and O–H groups in total. The number of sulfonamides is 1. The van der Waals surface area contributed by atoms with Crippen molar-refractivity contribution in [2.45, 2.75) is 43.4 Å². The van der Waals surface area contributed by atoms with E-state index in [0.29, 0.717) is 12.8 Å². The second kappa shape index (κ2) is 3.94. The predicted octanol–water partition coefficient (Wildman–Crippen LogP) is -0.0497. The molecular formula is C10H19NO4S. The topological polar surface area (TPSA) is 66.8 Å². The molecule has 94 valence electrons. The summed E-state index contributed by atoms with van der Waals surface area (Å²) in [4.78, 5) is 0. The average molecular weight is 249 g/mol. The first-order chi connectivity index (χ1) is 7.38. The fourth-order valence-electron chi connectivity index (χ4n) is 3.07. The van der Waals surface area contributed by atoms with Gasteiger partial charge in [0.2, 0.25) is 10.0 Å². The number of fused-ring (bicyclic) bond motifs is 3. The van der Waals surface area contributed by atoms with Gasteiger partial charge in [-0.1, -0.05) is 0 Å². The van der Waals surface area contributed by atoms with E-state index in [-0.39, 0.29) is 12.6 Å². The summed E-state index contributed by atoms with van der Waals surface area (Å²) < 4.78 is 30.0. The lowest BCUT2D eigenvalue weighted by atomic mass is 9.72. The van der Waals surface area contributed by atoms with Crippen LogP contribution in [0.2, 0.25) is 0 Å². The zero-order chi connectivity index (χ0) is 12.0. The summed E-state index contributed by atoms with van der Waals surface area (Å²) in [6, 6.07) is -0.371. The van der Waals surface area contributed by atoms with Crippen LogP contribution in [0.5, 0.6) is 0 Å². The molecule has 5 nitrogen and oxygen atoms in total. The van der Waals surface area contributed by atoms with Gasteiger partial charge in [-0.2, -0.15) is 4.31 Å². The van der Waals surface area contributed by atoms with Crippen LogP contribution in [0, 0.1) is 0 Å². The van der Waals surface area contributed by atoms with Gasteiger partial charge in [-0.3, -0.25) is 0 Å². The van der Waals surface area contributed by atoms with Crippen molar-refractivity contribution in [1.82, 2.24) is 4.31 Å². The summed E-state index contributed by atoms with van der Waals surface area (Å²) in [6.45, 7) is 0.264. The van der Waals surface area contributed by atoms with Gasteiger partial charge in [-0.05, 0) is 25.7 Å². The number of nitrogens with zero attached hydrogens (tertiary/aromatic N) is 1. The first kappa shape index (κ1) is 12.3. The van der Waals surface area contributed by atoms with Crippen molar-refractivity contribution in [3.8, 4) is 0 Å². The fraction of sp³-hybridized carbons (Fsp3) is 1.00. The normalized spacial score (nSPS) is 40.2. The second-order valence-electron chi connectivity index (χ2n) is 4.90. The maximum Gasteiger partial charge on any atom is 0.211 e. The summed E-state index contributed by atoms with van der Waals surface area (Å²) in [5.41, 5.74) is -0.895.